The van der Waals surface area contributed by atoms with Gasteiger partial charge in [0.1, 0.15) is 5.82 Å². The van der Waals surface area contributed by atoms with Crippen LogP contribution in [0.4, 0.5) is 4.39 Å². The molecule has 28 heavy (non-hydrogen) atoms. The standard InChI is InChI=1S/C23H22FN3O/c24-20-7-2-1-6-19(20)22-9-3-8-21(26-22)18-5-4-14-27(16-18)23(28)15-17-10-12-25-13-11-17/h1-3,6-13,18H,4-5,14-16H2/t18-/m0/s1. The highest BCUT2D eigenvalue weighted by molar-refractivity contribution is 5.79. The number of rotatable bonds is 4. The third-order valence-corrected chi connectivity index (χ3v) is 5.22. The van der Waals surface area contributed by atoms with Crippen molar-refractivity contribution in [1.82, 2.24) is 14.9 Å². The molecule has 3 aromatic rings. The van der Waals surface area contributed by atoms with Crippen molar-refractivity contribution < 1.29 is 9.18 Å². The minimum Gasteiger partial charge on any atom is -0.342 e. The number of carbonyl (C=O) groups is 1. The maximum atomic E-state index is 14.1. The summed E-state index contributed by atoms with van der Waals surface area (Å²) in [5, 5.41) is 0. The van der Waals surface area contributed by atoms with E-state index in [1.165, 1.54) is 6.07 Å². The average Bonchev–Trinajstić information content (AvgIpc) is 2.75. The number of hydrogen-bond acceptors (Lipinski definition) is 3. The smallest absolute Gasteiger partial charge is 0.227 e. The van der Waals surface area contributed by atoms with Gasteiger partial charge in [0.2, 0.25) is 5.91 Å². The molecule has 1 aliphatic rings. The number of likely N-dealkylation sites (tertiary alicyclic amines) is 1. The van der Waals surface area contributed by atoms with Gasteiger partial charge in [0, 0.05) is 42.7 Å². The Balaban J connectivity index is 1.50. The first kappa shape index (κ1) is 18.3. The summed E-state index contributed by atoms with van der Waals surface area (Å²) in [5.74, 6) is 0.0213. The van der Waals surface area contributed by atoms with Gasteiger partial charge in [0.15, 0.2) is 0 Å². The molecule has 1 atom stereocenters. The molecule has 5 heteroatoms. The van der Waals surface area contributed by atoms with E-state index in [0.29, 0.717) is 24.2 Å². The summed E-state index contributed by atoms with van der Waals surface area (Å²) >= 11 is 0. The fraction of sp³-hybridized carbons (Fsp3) is 0.261. The molecule has 3 heterocycles. The molecule has 1 fully saturated rings. The van der Waals surface area contributed by atoms with Crippen molar-refractivity contribution in [2.24, 2.45) is 0 Å². The fourth-order valence-electron chi connectivity index (χ4n) is 3.73. The number of hydrogen-bond donors (Lipinski definition) is 0. The summed E-state index contributed by atoms with van der Waals surface area (Å²) in [6.07, 6.45) is 5.72. The topological polar surface area (TPSA) is 46.1 Å². The van der Waals surface area contributed by atoms with Crippen LogP contribution >= 0.6 is 0 Å². The third-order valence-electron chi connectivity index (χ3n) is 5.22. The minimum absolute atomic E-state index is 0.126. The molecule has 0 unspecified atom stereocenters. The molecular weight excluding hydrogens is 353 g/mol. The number of pyridine rings is 2. The van der Waals surface area contributed by atoms with Crippen LogP contribution < -0.4 is 0 Å². The van der Waals surface area contributed by atoms with Gasteiger partial charge in [-0.05, 0) is 54.8 Å². The molecule has 1 aromatic carbocycles. The van der Waals surface area contributed by atoms with Crippen molar-refractivity contribution in [2.45, 2.75) is 25.2 Å². The molecule has 0 radical (unpaired) electrons. The van der Waals surface area contributed by atoms with Crippen LogP contribution in [0.1, 0.15) is 30.0 Å². The van der Waals surface area contributed by atoms with E-state index < -0.39 is 0 Å². The van der Waals surface area contributed by atoms with E-state index in [9.17, 15) is 9.18 Å². The molecular formula is C23H22FN3O. The normalized spacial score (nSPS) is 16.8. The second kappa shape index (κ2) is 8.30. The second-order valence-corrected chi connectivity index (χ2v) is 7.14. The molecule has 0 N–H and O–H groups in total. The average molecular weight is 375 g/mol. The monoisotopic (exact) mass is 375 g/mol. The van der Waals surface area contributed by atoms with Crippen LogP contribution in [0.2, 0.25) is 0 Å². The van der Waals surface area contributed by atoms with Crippen molar-refractivity contribution in [3.05, 3.63) is 84.1 Å². The van der Waals surface area contributed by atoms with Gasteiger partial charge in [0.25, 0.3) is 0 Å². The zero-order valence-electron chi connectivity index (χ0n) is 15.6. The number of halogens is 1. The molecule has 0 spiro atoms. The van der Waals surface area contributed by atoms with Crippen LogP contribution in [0.25, 0.3) is 11.3 Å². The van der Waals surface area contributed by atoms with E-state index in [4.69, 9.17) is 4.98 Å². The van der Waals surface area contributed by atoms with Crippen LogP contribution in [0, 0.1) is 5.82 Å². The van der Waals surface area contributed by atoms with Crippen molar-refractivity contribution in [1.29, 1.82) is 0 Å². The third kappa shape index (κ3) is 4.09. The van der Waals surface area contributed by atoms with Gasteiger partial charge in [-0.2, -0.15) is 0 Å². The Labute approximate surface area is 164 Å². The lowest BCUT2D eigenvalue weighted by Crippen LogP contribution is -2.40. The van der Waals surface area contributed by atoms with E-state index >= 15 is 0 Å². The zero-order valence-corrected chi connectivity index (χ0v) is 15.6. The number of nitrogens with zero attached hydrogens (tertiary/aromatic N) is 3. The van der Waals surface area contributed by atoms with Crippen LogP contribution in [-0.2, 0) is 11.2 Å². The number of aromatic nitrogens is 2. The van der Waals surface area contributed by atoms with Crippen molar-refractivity contribution in [2.75, 3.05) is 13.1 Å². The molecule has 4 nitrogen and oxygen atoms in total. The van der Waals surface area contributed by atoms with Crippen LogP contribution in [-0.4, -0.2) is 33.9 Å². The number of piperidine rings is 1. The summed E-state index contributed by atoms with van der Waals surface area (Å²) in [5.41, 5.74) is 3.03. The predicted octanol–water partition coefficient (Wildman–Crippen LogP) is 4.23. The summed E-state index contributed by atoms with van der Waals surface area (Å²) in [4.78, 5) is 23.4. The van der Waals surface area contributed by atoms with E-state index in [-0.39, 0.29) is 17.6 Å². The van der Waals surface area contributed by atoms with E-state index in [2.05, 4.69) is 4.98 Å². The molecule has 1 saturated heterocycles. The molecule has 0 saturated carbocycles. The SMILES string of the molecule is O=C(Cc1ccncc1)N1CCC[C@H](c2cccc(-c3ccccc3F)n2)C1. The highest BCUT2D eigenvalue weighted by Crippen LogP contribution is 2.28. The van der Waals surface area contributed by atoms with Crippen molar-refractivity contribution in [3.63, 3.8) is 0 Å². The van der Waals surface area contributed by atoms with Crippen LogP contribution in [0.15, 0.2) is 67.0 Å². The summed E-state index contributed by atoms with van der Waals surface area (Å²) < 4.78 is 14.1. The van der Waals surface area contributed by atoms with Crippen molar-refractivity contribution >= 4 is 5.91 Å². The Morgan fingerprint density at radius 3 is 2.71 bits per heavy atom. The highest BCUT2D eigenvalue weighted by Gasteiger charge is 2.26. The Bertz CT molecular complexity index is 961. The molecule has 2 aromatic heterocycles. The maximum Gasteiger partial charge on any atom is 0.227 e. The van der Waals surface area contributed by atoms with E-state index in [1.807, 2.05) is 41.3 Å². The maximum absolute atomic E-state index is 14.1. The molecule has 1 amide bonds. The fourth-order valence-corrected chi connectivity index (χ4v) is 3.73. The minimum atomic E-state index is -0.273. The van der Waals surface area contributed by atoms with Gasteiger partial charge < -0.3 is 4.90 Å². The number of carbonyl (C=O) groups excluding carboxylic acids is 1. The largest absolute Gasteiger partial charge is 0.342 e. The highest BCUT2D eigenvalue weighted by atomic mass is 19.1. The molecule has 4 rings (SSSR count). The summed E-state index contributed by atoms with van der Waals surface area (Å²) in [6.45, 7) is 1.42. The van der Waals surface area contributed by atoms with Gasteiger partial charge >= 0.3 is 0 Å². The Morgan fingerprint density at radius 1 is 1.07 bits per heavy atom. The predicted molar refractivity (Wildman–Crippen MR) is 106 cm³/mol. The summed E-state index contributed by atoms with van der Waals surface area (Å²) in [7, 11) is 0. The Hall–Kier alpha value is -3.08. The first-order valence-corrected chi connectivity index (χ1v) is 9.59. The van der Waals surface area contributed by atoms with Gasteiger partial charge in [0.05, 0.1) is 12.1 Å². The summed E-state index contributed by atoms with van der Waals surface area (Å²) in [6, 6.07) is 16.2. The van der Waals surface area contributed by atoms with Gasteiger partial charge in [-0.1, -0.05) is 18.2 Å². The quantitative estimate of drug-likeness (QED) is 0.685. The first-order chi connectivity index (χ1) is 13.7. The second-order valence-electron chi connectivity index (χ2n) is 7.14. The first-order valence-electron chi connectivity index (χ1n) is 9.59. The van der Waals surface area contributed by atoms with Gasteiger partial charge in [-0.15, -0.1) is 0 Å². The lowest BCUT2D eigenvalue weighted by molar-refractivity contribution is -0.131. The Kier molecular flexibility index (Phi) is 5.42. The van der Waals surface area contributed by atoms with E-state index in [1.54, 1.807) is 24.5 Å². The molecule has 1 aliphatic heterocycles. The van der Waals surface area contributed by atoms with E-state index in [0.717, 1.165) is 30.6 Å². The molecule has 142 valence electrons. The number of amides is 1. The van der Waals surface area contributed by atoms with Crippen LogP contribution in [0.5, 0.6) is 0 Å². The van der Waals surface area contributed by atoms with Crippen LogP contribution in [0.3, 0.4) is 0 Å². The lowest BCUT2D eigenvalue weighted by Gasteiger charge is -2.32. The molecule has 0 aliphatic carbocycles. The van der Waals surface area contributed by atoms with Gasteiger partial charge in [-0.25, -0.2) is 4.39 Å². The zero-order chi connectivity index (χ0) is 19.3. The van der Waals surface area contributed by atoms with Crippen molar-refractivity contribution in [3.8, 4) is 11.3 Å². The van der Waals surface area contributed by atoms with Gasteiger partial charge in [-0.3, -0.25) is 14.8 Å². The lowest BCUT2D eigenvalue weighted by atomic mass is 9.93. The number of benzene rings is 1. The molecule has 0 bridgehead atoms. The Morgan fingerprint density at radius 2 is 1.89 bits per heavy atom.